The lowest BCUT2D eigenvalue weighted by Gasteiger charge is -2.33. The first-order valence-electron chi connectivity index (χ1n) is 11.0. The second kappa shape index (κ2) is 10.4. The zero-order valence-electron chi connectivity index (χ0n) is 19.2. The first-order valence-corrected chi connectivity index (χ1v) is 11.0. The first-order chi connectivity index (χ1) is 16.1. The SMILES string of the molecule is CCN1CCN(C(=O)COc2ccc(Nc3ncnc4cc(OC)c(OC)cc34)cc2)CC1. The van der Waals surface area contributed by atoms with Crippen molar-refractivity contribution in [3.8, 4) is 17.2 Å². The molecular weight excluding hydrogens is 422 g/mol. The van der Waals surface area contributed by atoms with Crippen LogP contribution in [0.1, 0.15) is 6.92 Å². The Balaban J connectivity index is 1.39. The average Bonchev–Trinajstić information content (AvgIpc) is 2.87. The molecule has 9 nitrogen and oxygen atoms in total. The largest absolute Gasteiger partial charge is 0.493 e. The monoisotopic (exact) mass is 451 g/mol. The molecule has 0 radical (unpaired) electrons. The van der Waals surface area contributed by atoms with Gasteiger partial charge in [0.25, 0.3) is 5.91 Å². The Hall–Kier alpha value is -3.59. The van der Waals surface area contributed by atoms with E-state index in [1.807, 2.05) is 41.3 Å². The summed E-state index contributed by atoms with van der Waals surface area (Å²) in [5.74, 6) is 2.52. The van der Waals surface area contributed by atoms with Crippen LogP contribution < -0.4 is 19.5 Å². The number of hydrogen-bond donors (Lipinski definition) is 1. The standard InChI is InChI=1S/C24H29N5O4/c1-4-28-9-11-29(12-10-28)23(30)15-33-18-7-5-17(6-8-18)27-24-19-13-21(31-2)22(32-3)14-20(19)25-16-26-24/h5-8,13-14,16H,4,9-12,15H2,1-3H3,(H,25,26,27). The highest BCUT2D eigenvalue weighted by molar-refractivity contribution is 5.93. The highest BCUT2D eigenvalue weighted by Gasteiger charge is 2.20. The number of carbonyl (C=O) groups is 1. The molecule has 4 rings (SSSR count). The fourth-order valence-corrected chi connectivity index (χ4v) is 3.80. The number of fused-ring (bicyclic) bond motifs is 1. The summed E-state index contributed by atoms with van der Waals surface area (Å²) in [6.45, 7) is 6.53. The maximum absolute atomic E-state index is 12.4. The Morgan fingerprint density at radius 3 is 2.36 bits per heavy atom. The van der Waals surface area contributed by atoms with Gasteiger partial charge in [-0.3, -0.25) is 4.79 Å². The molecule has 0 aliphatic carbocycles. The van der Waals surface area contributed by atoms with Gasteiger partial charge in [-0.2, -0.15) is 0 Å². The highest BCUT2D eigenvalue weighted by Crippen LogP contribution is 2.34. The van der Waals surface area contributed by atoms with Crippen molar-refractivity contribution in [1.29, 1.82) is 0 Å². The number of piperazine rings is 1. The molecule has 0 atom stereocenters. The van der Waals surface area contributed by atoms with Gasteiger partial charge in [0.1, 0.15) is 17.9 Å². The smallest absolute Gasteiger partial charge is 0.260 e. The van der Waals surface area contributed by atoms with Crippen LogP contribution in [0, 0.1) is 0 Å². The molecule has 0 unspecified atom stereocenters. The first kappa shape index (κ1) is 22.6. The van der Waals surface area contributed by atoms with E-state index in [0.717, 1.165) is 49.3 Å². The Morgan fingerprint density at radius 1 is 1.00 bits per heavy atom. The third-order valence-corrected chi connectivity index (χ3v) is 5.79. The summed E-state index contributed by atoms with van der Waals surface area (Å²) < 4.78 is 16.5. The zero-order chi connectivity index (χ0) is 23.2. The van der Waals surface area contributed by atoms with Gasteiger partial charge in [-0.25, -0.2) is 9.97 Å². The van der Waals surface area contributed by atoms with Crippen molar-refractivity contribution < 1.29 is 19.0 Å². The molecule has 2 heterocycles. The predicted molar refractivity (Wildman–Crippen MR) is 127 cm³/mol. The lowest BCUT2D eigenvalue weighted by atomic mass is 10.2. The molecule has 1 aromatic heterocycles. The average molecular weight is 452 g/mol. The number of nitrogens with one attached hydrogen (secondary N) is 1. The minimum Gasteiger partial charge on any atom is -0.493 e. The van der Waals surface area contributed by atoms with E-state index < -0.39 is 0 Å². The van der Waals surface area contributed by atoms with Gasteiger partial charge >= 0.3 is 0 Å². The molecule has 1 amide bonds. The number of ether oxygens (including phenoxy) is 3. The lowest BCUT2D eigenvalue weighted by Crippen LogP contribution is -2.49. The van der Waals surface area contributed by atoms with E-state index in [9.17, 15) is 4.79 Å². The van der Waals surface area contributed by atoms with E-state index in [2.05, 4.69) is 27.1 Å². The van der Waals surface area contributed by atoms with E-state index in [-0.39, 0.29) is 12.5 Å². The second-order valence-corrected chi connectivity index (χ2v) is 7.70. The van der Waals surface area contributed by atoms with Crippen molar-refractivity contribution >= 4 is 28.3 Å². The normalized spacial score (nSPS) is 14.2. The summed E-state index contributed by atoms with van der Waals surface area (Å²) in [6.07, 6.45) is 1.50. The summed E-state index contributed by atoms with van der Waals surface area (Å²) >= 11 is 0. The minimum absolute atomic E-state index is 0.0183. The van der Waals surface area contributed by atoms with Crippen LogP contribution in [0.15, 0.2) is 42.7 Å². The van der Waals surface area contributed by atoms with Crippen LogP contribution >= 0.6 is 0 Å². The number of nitrogens with zero attached hydrogens (tertiary/aromatic N) is 4. The molecule has 0 bridgehead atoms. The molecule has 9 heteroatoms. The molecule has 174 valence electrons. The van der Waals surface area contributed by atoms with Crippen LogP contribution in [-0.2, 0) is 4.79 Å². The Morgan fingerprint density at radius 2 is 1.70 bits per heavy atom. The minimum atomic E-state index is 0.0183. The number of likely N-dealkylation sites (N-methyl/N-ethyl adjacent to an activating group) is 1. The number of rotatable bonds is 8. The zero-order valence-corrected chi connectivity index (χ0v) is 19.2. The summed E-state index contributed by atoms with van der Waals surface area (Å²) in [5.41, 5.74) is 1.57. The van der Waals surface area contributed by atoms with Gasteiger partial charge in [0, 0.05) is 43.3 Å². The van der Waals surface area contributed by atoms with E-state index >= 15 is 0 Å². The molecule has 2 aromatic carbocycles. The van der Waals surface area contributed by atoms with Gasteiger partial charge in [0.15, 0.2) is 18.1 Å². The Labute approximate surface area is 193 Å². The summed E-state index contributed by atoms with van der Waals surface area (Å²) in [7, 11) is 3.18. The van der Waals surface area contributed by atoms with Crippen molar-refractivity contribution in [1.82, 2.24) is 19.8 Å². The van der Waals surface area contributed by atoms with Crippen LogP contribution in [0.25, 0.3) is 10.9 Å². The summed E-state index contributed by atoms with van der Waals surface area (Å²) in [5, 5.41) is 4.12. The number of anilines is 2. The van der Waals surface area contributed by atoms with Gasteiger partial charge in [-0.15, -0.1) is 0 Å². The number of benzene rings is 2. The number of amides is 1. The molecule has 33 heavy (non-hydrogen) atoms. The van der Waals surface area contributed by atoms with Crippen LogP contribution in [0.5, 0.6) is 17.2 Å². The van der Waals surface area contributed by atoms with Crippen molar-refractivity contribution in [2.24, 2.45) is 0 Å². The fourth-order valence-electron chi connectivity index (χ4n) is 3.80. The van der Waals surface area contributed by atoms with E-state index in [4.69, 9.17) is 14.2 Å². The second-order valence-electron chi connectivity index (χ2n) is 7.70. The molecule has 0 spiro atoms. The number of carbonyl (C=O) groups excluding carboxylic acids is 1. The van der Waals surface area contributed by atoms with E-state index in [1.165, 1.54) is 6.33 Å². The maximum Gasteiger partial charge on any atom is 0.260 e. The van der Waals surface area contributed by atoms with Gasteiger partial charge in [-0.1, -0.05) is 6.92 Å². The lowest BCUT2D eigenvalue weighted by molar-refractivity contribution is -0.135. The van der Waals surface area contributed by atoms with Crippen LogP contribution in [0.2, 0.25) is 0 Å². The molecule has 1 N–H and O–H groups in total. The number of aromatic nitrogens is 2. The Bertz CT molecular complexity index is 1100. The third-order valence-electron chi connectivity index (χ3n) is 5.79. The topological polar surface area (TPSA) is 89.1 Å². The maximum atomic E-state index is 12.4. The van der Waals surface area contributed by atoms with Crippen molar-refractivity contribution in [3.05, 3.63) is 42.7 Å². The van der Waals surface area contributed by atoms with Crippen LogP contribution in [0.4, 0.5) is 11.5 Å². The molecule has 1 aliphatic rings. The van der Waals surface area contributed by atoms with Gasteiger partial charge in [0.2, 0.25) is 0 Å². The number of methoxy groups -OCH3 is 2. The summed E-state index contributed by atoms with van der Waals surface area (Å²) in [4.78, 5) is 25.3. The van der Waals surface area contributed by atoms with Crippen molar-refractivity contribution in [3.63, 3.8) is 0 Å². The van der Waals surface area contributed by atoms with E-state index in [0.29, 0.717) is 23.1 Å². The molecule has 0 saturated carbocycles. The molecular formula is C24H29N5O4. The summed E-state index contributed by atoms with van der Waals surface area (Å²) in [6, 6.07) is 11.1. The molecule has 3 aromatic rings. The van der Waals surface area contributed by atoms with Crippen molar-refractivity contribution in [2.75, 3.05) is 58.9 Å². The third kappa shape index (κ3) is 5.25. The van der Waals surface area contributed by atoms with Crippen LogP contribution in [0.3, 0.4) is 0 Å². The van der Waals surface area contributed by atoms with E-state index in [1.54, 1.807) is 14.2 Å². The van der Waals surface area contributed by atoms with Gasteiger partial charge < -0.3 is 29.3 Å². The predicted octanol–water partition coefficient (Wildman–Crippen LogP) is 2.93. The van der Waals surface area contributed by atoms with Gasteiger partial charge in [-0.05, 0) is 36.9 Å². The number of hydrogen-bond acceptors (Lipinski definition) is 8. The van der Waals surface area contributed by atoms with Gasteiger partial charge in [0.05, 0.1) is 19.7 Å². The van der Waals surface area contributed by atoms with Crippen molar-refractivity contribution in [2.45, 2.75) is 6.92 Å². The molecule has 1 saturated heterocycles. The van der Waals surface area contributed by atoms with Crippen LogP contribution in [-0.4, -0.2) is 79.2 Å². The highest BCUT2D eigenvalue weighted by atomic mass is 16.5. The molecule has 1 fully saturated rings. The Kier molecular flexibility index (Phi) is 7.09. The quantitative estimate of drug-likeness (QED) is 0.559. The fraction of sp³-hybridized carbons (Fsp3) is 0.375. The molecule has 1 aliphatic heterocycles.